The Morgan fingerprint density at radius 3 is 2.25 bits per heavy atom. The zero-order valence-corrected chi connectivity index (χ0v) is 18.5. The van der Waals surface area contributed by atoms with Crippen molar-refractivity contribution in [3.8, 4) is 0 Å². The second-order valence-corrected chi connectivity index (χ2v) is 9.21. The lowest BCUT2D eigenvalue weighted by atomic mass is 10.0. The van der Waals surface area contributed by atoms with E-state index in [4.69, 9.17) is 0 Å². The summed E-state index contributed by atoms with van der Waals surface area (Å²) in [7, 11) is 0. The van der Waals surface area contributed by atoms with Crippen LogP contribution in [0.4, 0.5) is 8.78 Å². The van der Waals surface area contributed by atoms with Crippen LogP contribution in [-0.4, -0.2) is 29.9 Å². The Labute approximate surface area is 191 Å². The van der Waals surface area contributed by atoms with Crippen molar-refractivity contribution in [2.24, 2.45) is 0 Å². The first-order valence-electron chi connectivity index (χ1n) is 10.8. The first kappa shape index (κ1) is 22.5. The molecular weight excluding hydrogens is 426 g/mol. The Morgan fingerprint density at radius 2 is 1.59 bits per heavy atom. The molecule has 4 rings (SSSR count). The highest BCUT2D eigenvalue weighted by molar-refractivity contribution is 8.00. The third kappa shape index (κ3) is 5.96. The molecule has 1 saturated heterocycles. The minimum atomic E-state index is -0.823. The maximum Gasteiger partial charge on any atom is 0.238 e. The van der Waals surface area contributed by atoms with Gasteiger partial charge in [-0.2, -0.15) is 0 Å². The van der Waals surface area contributed by atoms with Crippen LogP contribution in [-0.2, 0) is 11.3 Å². The molecule has 3 nitrogen and oxygen atoms in total. The third-order valence-electron chi connectivity index (χ3n) is 5.66. The summed E-state index contributed by atoms with van der Waals surface area (Å²) < 4.78 is 26.6. The lowest BCUT2D eigenvalue weighted by molar-refractivity contribution is -0.121. The molecule has 0 radical (unpaired) electrons. The van der Waals surface area contributed by atoms with Crippen LogP contribution in [0, 0.1) is 11.6 Å². The monoisotopic (exact) mass is 452 g/mol. The number of benzene rings is 3. The number of likely N-dealkylation sites (tertiary alicyclic amines) is 1. The van der Waals surface area contributed by atoms with Gasteiger partial charge in [-0.3, -0.25) is 9.69 Å². The number of piperidine rings is 1. The van der Waals surface area contributed by atoms with Gasteiger partial charge in [0, 0.05) is 30.6 Å². The number of thioether (sulfide) groups is 1. The Kier molecular flexibility index (Phi) is 7.55. The highest BCUT2D eigenvalue weighted by Crippen LogP contribution is 2.35. The standard InChI is InChI=1S/C26H26F2N2OS/c27-23-12-11-19(17-24(23)28)18-30-15-13-21(14-16-30)29-26(31)25(20-7-3-1-4-8-20)32-22-9-5-2-6-10-22/h1-12,17,21,25H,13-16,18H2,(H,29,31). The summed E-state index contributed by atoms with van der Waals surface area (Å²) >= 11 is 1.55. The van der Waals surface area contributed by atoms with Crippen LogP contribution < -0.4 is 5.32 Å². The molecule has 32 heavy (non-hydrogen) atoms. The van der Waals surface area contributed by atoms with Gasteiger partial charge in [0.2, 0.25) is 5.91 Å². The van der Waals surface area contributed by atoms with Crippen molar-refractivity contribution in [3.63, 3.8) is 0 Å². The molecule has 1 amide bonds. The van der Waals surface area contributed by atoms with Crippen molar-refractivity contribution in [2.45, 2.75) is 35.6 Å². The van der Waals surface area contributed by atoms with Crippen molar-refractivity contribution in [3.05, 3.63) is 102 Å². The average molecular weight is 453 g/mol. The molecule has 1 unspecified atom stereocenters. The molecule has 1 aliphatic heterocycles. The zero-order chi connectivity index (χ0) is 22.3. The van der Waals surface area contributed by atoms with E-state index in [-0.39, 0.29) is 17.2 Å². The highest BCUT2D eigenvalue weighted by Gasteiger charge is 2.26. The normalized spacial score (nSPS) is 15.9. The Balaban J connectivity index is 1.35. The second kappa shape index (κ2) is 10.7. The molecule has 0 spiro atoms. The van der Waals surface area contributed by atoms with E-state index >= 15 is 0 Å². The number of carbonyl (C=O) groups excluding carboxylic acids is 1. The van der Waals surface area contributed by atoms with Crippen molar-refractivity contribution in [2.75, 3.05) is 13.1 Å². The van der Waals surface area contributed by atoms with Crippen LogP contribution in [0.15, 0.2) is 83.8 Å². The van der Waals surface area contributed by atoms with E-state index in [1.54, 1.807) is 17.8 Å². The first-order chi connectivity index (χ1) is 15.6. The SMILES string of the molecule is O=C(NC1CCN(Cc2ccc(F)c(F)c2)CC1)C(Sc1ccccc1)c1ccccc1. The number of nitrogens with one attached hydrogen (secondary N) is 1. The Morgan fingerprint density at radius 1 is 0.938 bits per heavy atom. The number of carbonyl (C=O) groups is 1. The molecule has 1 atom stereocenters. The van der Waals surface area contributed by atoms with E-state index < -0.39 is 11.6 Å². The molecule has 0 aromatic heterocycles. The summed E-state index contributed by atoms with van der Waals surface area (Å²) in [5, 5.41) is 2.92. The molecule has 3 aromatic carbocycles. The van der Waals surface area contributed by atoms with Gasteiger partial charge in [0.15, 0.2) is 11.6 Å². The molecule has 1 fully saturated rings. The number of hydrogen-bond acceptors (Lipinski definition) is 3. The van der Waals surface area contributed by atoms with E-state index in [0.717, 1.165) is 42.0 Å². The fraction of sp³-hybridized carbons (Fsp3) is 0.269. The van der Waals surface area contributed by atoms with Gasteiger partial charge in [-0.1, -0.05) is 54.6 Å². The minimum absolute atomic E-state index is 0.0177. The van der Waals surface area contributed by atoms with E-state index in [2.05, 4.69) is 10.2 Å². The summed E-state index contributed by atoms with van der Waals surface area (Å²) in [6.07, 6.45) is 1.65. The fourth-order valence-electron chi connectivity index (χ4n) is 3.94. The van der Waals surface area contributed by atoms with Crippen LogP contribution in [0.2, 0.25) is 0 Å². The third-order valence-corrected chi connectivity index (χ3v) is 6.93. The van der Waals surface area contributed by atoms with E-state index in [0.29, 0.717) is 6.54 Å². The van der Waals surface area contributed by atoms with Crippen LogP contribution >= 0.6 is 11.8 Å². The van der Waals surface area contributed by atoms with Gasteiger partial charge in [0.25, 0.3) is 0 Å². The lowest BCUT2D eigenvalue weighted by Crippen LogP contribution is -2.45. The number of nitrogens with zero attached hydrogens (tertiary/aromatic N) is 1. The lowest BCUT2D eigenvalue weighted by Gasteiger charge is -2.33. The average Bonchev–Trinajstić information content (AvgIpc) is 2.82. The maximum absolute atomic E-state index is 13.5. The van der Waals surface area contributed by atoms with Gasteiger partial charge in [-0.15, -0.1) is 11.8 Å². The second-order valence-electron chi connectivity index (χ2n) is 8.03. The van der Waals surface area contributed by atoms with Gasteiger partial charge in [0.1, 0.15) is 5.25 Å². The molecule has 1 aliphatic rings. The van der Waals surface area contributed by atoms with Crippen molar-refractivity contribution in [1.29, 1.82) is 0 Å². The number of hydrogen-bond donors (Lipinski definition) is 1. The van der Waals surface area contributed by atoms with Gasteiger partial charge in [0.05, 0.1) is 0 Å². The number of amides is 1. The van der Waals surface area contributed by atoms with Crippen LogP contribution in [0.25, 0.3) is 0 Å². The van der Waals surface area contributed by atoms with Crippen LogP contribution in [0.5, 0.6) is 0 Å². The first-order valence-corrected chi connectivity index (χ1v) is 11.7. The molecule has 0 aliphatic carbocycles. The van der Waals surface area contributed by atoms with E-state index in [9.17, 15) is 13.6 Å². The predicted molar refractivity (Wildman–Crippen MR) is 124 cm³/mol. The molecule has 0 bridgehead atoms. The van der Waals surface area contributed by atoms with Crippen molar-refractivity contribution < 1.29 is 13.6 Å². The summed E-state index contributed by atoms with van der Waals surface area (Å²) in [6, 6.07) is 24.0. The molecule has 0 saturated carbocycles. The Hall–Kier alpha value is -2.70. The predicted octanol–water partition coefficient (Wildman–Crippen LogP) is 5.58. The fourth-order valence-corrected chi connectivity index (χ4v) is 5.00. The largest absolute Gasteiger partial charge is 0.352 e. The molecule has 6 heteroatoms. The van der Waals surface area contributed by atoms with E-state index in [1.165, 1.54) is 12.1 Å². The zero-order valence-electron chi connectivity index (χ0n) is 17.7. The molecular formula is C26H26F2N2OS. The van der Waals surface area contributed by atoms with Crippen LogP contribution in [0.1, 0.15) is 29.2 Å². The van der Waals surface area contributed by atoms with E-state index in [1.807, 2.05) is 60.7 Å². The summed E-state index contributed by atoms with van der Waals surface area (Å²) in [5.74, 6) is -1.62. The highest BCUT2D eigenvalue weighted by atomic mass is 32.2. The van der Waals surface area contributed by atoms with Crippen molar-refractivity contribution >= 4 is 17.7 Å². The number of halogens is 2. The molecule has 1 heterocycles. The molecule has 1 N–H and O–H groups in total. The summed E-state index contributed by atoms with van der Waals surface area (Å²) in [4.78, 5) is 16.5. The smallest absolute Gasteiger partial charge is 0.238 e. The van der Waals surface area contributed by atoms with Gasteiger partial charge < -0.3 is 5.32 Å². The van der Waals surface area contributed by atoms with Crippen LogP contribution in [0.3, 0.4) is 0 Å². The van der Waals surface area contributed by atoms with Gasteiger partial charge in [-0.05, 0) is 48.2 Å². The molecule has 3 aromatic rings. The molecule has 166 valence electrons. The van der Waals surface area contributed by atoms with Gasteiger partial charge in [-0.25, -0.2) is 8.78 Å². The van der Waals surface area contributed by atoms with Gasteiger partial charge >= 0.3 is 0 Å². The summed E-state index contributed by atoms with van der Waals surface area (Å²) in [5.41, 5.74) is 1.74. The number of rotatable bonds is 7. The minimum Gasteiger partial charge on any atom is -0.352 e. The van der Waals surface area contributed by atoms with Crippen molar-refractivity contribution in [1.82, 2.24) is 10.2 Å². The Bertz CT molecular complexity index is 1020. The summed E-state index contributed by atoms with van der Waals surface area (Å²) in [6.45, 7) is 2.17. The maximum atomic E-state index is 13.5. The quantitative estimate of drug-likeness (QED) is 0.475. The topological polar surface area (TPSA) is 32.3 Å².